The number of esters is 3. The van der Waals surface area contributed by atoms with E-state index < -0.39 is 17.9 Å². The number of hydrogen-bond donors (Lipinski definition) is 2. The molecular formula is C54H46N2O12. The van der Waals surface area contributed by atoms with Crippen molar-refractivity contribution in [1.29, 1.82) is 0 Å². The van der Waals surface area contributed by atoms with Gasteiger partial charge >= 0.3 is 17.9 Å². The SMILES string of the molecule is COc1ccc(C(=O)Oc2ccc(C(=O)Nc3ccc(-c4ccc(NC(=O)c5ccc(OC(=O)c6ccc(OC(=O)c7ccc(OCCC(C)OC)cc7OC)cc6)cc5)cc4)cc3)cc2)cc1. The largest absolute Gasteiger partial charge is 0.497 e. The van der Waals surface area contributed by atoms with Crippen molar-refractivity contribution < 1.29 is 57.1 Å². The van der Waals surface area contributed by atoms with E-state index in [9.17, 15) is 24.0 Å². The zero-order valence-electron chi connectivity index (χ0n) is 37.5. The molecule has 0 bridgehead atoms. The highest BCUT2D eigenvalue weighted by Gasteiger charge is 2.18. The first-order valence-corrected chi connectivity index (χ1v) is 21.3. The Labute approximate surface area is 392 Å². The van der Waals surface area contributed by atoms with Crippen LogP contribution in [-0.4, -0.2) is 63.8 Å². The molecule has 14 heteroatoms. The third-order valence-electron chi connectivity index (χ3n) is 10.5. The first-order valence-electron chi connectivity index (χ1n) is 21.3. The number of amides is 2. The van der Waals surface area contributed by atoms with Gasteiger partial charge in [0.05, 0.1) is 38.1 Å². The van der Waals surface area contributed by atoms with E-state index in [-0.39, 0.29) is 46.3 Å². The number of nitrogens with one attached hydrogen (secondary N) is 2. The maximum absolute atomic E-state index is 13.1. The Morgan fingerprint density at radius 3 is 1.25 bits per heavy atom. The van der Waals surface area contributed by atoms with E-state index in [0.717, 1.165) is 11.1 Å². The summed E-state index contributed by atoms with van der Waals surface area (Å²) in [5.74, 6) is -0.339. The average Bonchev–Trinajstić information content (AvgIpc) is 3.37. The summed E-state index contributed by atoms with van der Waals surface area (Å²) in [6.07, 6.45) is 0.743. The first-order chi connectivity index (χ1) is 33.0. The van der Waals surface area contributed by atoms with Crippen molar-refractivity contribution in [2.75, 3.05) is 38.6 Å². The lowest BCUT2D eigenvalue weighted by Crippen LogP contribution is -2.13. The van der Waals surface area contributed by atoms with E-state index in [0.29, 0.717) is 58.3 Å². The number of carbonyl (C=O) groups is 5. The maximum atomic E-state index is 13.1. The lowest BCUT2D eigenvalue weighted by atomic mass is 10.0. The Hall–Kier alpha value is -8.75. The Morgan fingerprint density at radius 2 is 0.838 bits per heavy atom. The summed E-state index contributed by atoms with van der Waals surface area (Å²) in [6.45, 7) is 2.38. The van der Waals surface area contributed by atoms with Gasteiger partial charge in [-0.15, -0.1) is 0 Å². The van der Waals surface area contributed by atoms with E-state index in [4.69, 9.17) is 33.2 Å². The normalized spacial score (nSPS) is 11.1. The van der Waals surface area contributed by atoms with Gasteiger partial charge in [0, 0.05) is 42.1 Å². The fraction of sp³-hybridized carbons (Fsp3) is 0.130. The molecule has 0 fully saturated rings. The molecule has 0 saturated carbocycles. The van der Waals surface area contributed by atoms with Gasteiger partial charge in [-0.05, 0) is 152 Å². The van der Waals surface area contributed by atoms with E-state index in [1.165, 1.54) is 43.5 Å². The molecule has 0 heterocycles. The van der Waals surface area contributed by atoms with Gasteiger partial charge in [0.1, 0.15) is 40.1 Å². The number of anilines is 2. The van der Waals surface area contributed by atoms with Gasteiger partial charge in [-0.2, -0.15) is 0 Å². The van der Waals surface area contributed by atoms with Crippen LogP contribution in [0.25, 0.3) is 11.1 Å². The lowest BCUT2D eigenvalue weighted by Gasteiger charge is -2.13. The molecule has 0 aliphatic carbocycles. The van der Waals surface area contributed by atoms with Crippen molar-refractivity contribution in [3.63, 3.8) is 0 Å². The summed E-state index contributed by atoms with van der Waals surface area (Å²) in [5.41, 5.74) is 4.44. The topological polar surface area (TPSA) is 174 Å². The number of ether oxygens (including phenoxy) is 7. The Kier molecular flexibility index (Phi) is 15.6. The van der Waals surface area contributed by atoms with Gasteiger partial charge in [-0.1, -0.05) is 24.3 Å². The van der Waals surface area contributed by atoms with Gasteiger partial charge in [-0.3, -0.25) is 9.59 Å². The van der Waals surface area contributed by atoms with E-state index in [1.807, 2.05) is 31.2 Å². The van der Waals surface area contributed by atoms with Crippen LogP contribution in [0.4, 0.5) is 11.4 Å². The Morgan fingerprint density at radius 1 is 0.441 bits per heavy atom. The number of hydrogen-bond acceptors (Lipinski definition) is 12. The van der Waals surface area contributed by atoms with Gasteiger partial charge in [0.2, 0.25) is 0 Å². The van der Waals surface area contributed by atoms with Crippen molar-refractivity contribution >= 4 is 41.1 Å². The summed E-state index contributed by atoms with van der Waals surface area (Å²) in [7, 11) is 4.62. The second kappa shape index (κ2) is 22.4. The van der Waals surface area contributed by atoms with Crippen LogP contribution in [0, 0.1) is 0 Å². The summed E-state index contributed by atoms with van der Waals surface area (Å²) in [5, 5.41) is 5.74. The number of methoxy groups -OCH3 is 3. The summed E-state index contributed by atoms with van der Waals surface area (Å²) in [4.78, 5) is 64.4. The monoisotopic (exact) mass is 914 g/mol. The standard InChI is InChI=1S/C54H46N2O12/c1-34(62-2)31-32-65-47-29-30-48(49(33-47)64-4)54(61)68-46-27-15-40(16-28-46)53(60)67-45-25-11-38(12-26-45)51(58)56-42-19-7-36(8-20-42)35-5-17-41(18-6-35)55-50(57)37-9-23-44(24-10-37)66-52(59)39-13-21-43(63-3)22-14-39/h5-30,33-34H,31-32H2,1-4H3,(H,55,57)(H,56,58). The molecule has 7 aromatic rings. The minimum atomic E-state index is -0.652. The summed E-state index contributed by atoms with van der Waals surface area (Å²) < 4.78 is 38.0. The molecule has 2 amide bonds. The zero-order chi connectivity index (χ0) is 48.0. The third-order valence-corrected chi connectivity index (χ3v) is 10.5. The lowest BCUT2D eigenvalue weighted by molar-refractivity contribution is 0.0722. The molecule has 0 spiro atoms. The van der Waals surface area contributed by atoms with Crippen LogP contribution in [0.15, 0.2) is 164 Å². The van der Waals surface area contributed by atoms with Crippen molar-refractivity contribution in [2.45, 2.75) is 19.4 Å². The molecule has 2 N–H and O–H groups in total. The second-order valence-corrected chi connectivity index (χ2v) is 15.1. The van der Waals surface area contributed by atoms with Crippen LogP contribution in [0.3, 0.4) is 0 Å². The second-order valence-electron chi connectivity index (χ2n) is 15.1. The molecule has 68 heavy (non-hydrogen) atoms. The molecule has 344 valence electrons. The van der Waals surface area contributed by atoms with Crippen LogP contribution in [-0.2, 0) is 4.74 Å². The van der Waals surface area contributed by atoms with Crippen LogP contribution in [0.2, 0.25) is 0 Å². The molecule has 1 unspecified atom stereocenters. The molecule has 14 nitrogen and oxygen atoms in total. The fourth-order valence-electron chi connectivity index (χ4n) is 6.52. The van der Waals surface area contributed by atoms with E-state index in [1.54, 1.807) is 117 Å². The Bertz CT molecular complexity index is 2860. The van der Waals surface area contributed by atoms with Gasteiger partial charge in [0.25, 0.3) is 11.8 Å². The summed E-state index contributed by atoms with van der Waals surface area (Å²) >= 11 is 0. The highest BCUT2D eigenvalue weighted by molar-refractivity contribution is 6.05. The summed E-state index contributed by atoms with van der Waals surface area (Å²) in [6, 6.07) is 44.2. The van der Waals surface area contributed by atoms with E-state index >= 15 is 0 Å². The highest BCUT2D eigenvalue weighted by atomic mass is 16.5. The molecule has 7 rings (SSSR count). The van der Waals surface area contributed by atoms with Crippen molar-refractivity contribution in [3.8, 4) is 45.6 Å². The third kappa shape index (κ3) is 12.5. The quantitative estimate of drug-likeness (QED) is 0.0617. The Balaban J connectivity index is 0.853. The van der Waals surface area contributed by atoms with Crippen molar-refractivity contribution in [2.24, 2.45) is 0 Å². The van der Waals surface area contributed by atoms with Gasteiger partial charge in [-0.25, -0.2) is 14.4 Å². The smallest absolute Gasteiger partial charge is 0.347 e. The highest BCUT2D eigenvalue weighted by Crippen LogP contribution is 2.28. The number of benzene rings is 7. The van der Waals surface area contributed by atoms with Crippen molar-refractivity contribution in [1.82, 2.24) is 0 Å². The molecular weight excluding hydrogens is 869 g/mol. The zero-order valence-corrected chi connectivity index (χ0v) is 37.5. The molecule has 1 atom stereocenters. The van der Waals surface area contributed by atoms with E-state index in [2.05, 4.69) is 10.6 Å². The first kappa shape index (κ1) is 47.2. The van der Waals surface area contributed by atoms with Crippen LogP contribution < -0.4 is 39.1 Å². The predicted molar refractivity (Wildman–Crippen MR) is 255 cm³/mol. The van der Waals surface area contributed by atoms with Gasteiger partial charge < -0.3 is 43.8 Å². The molecule has 7 aromatic carbocycles. The van der Waals surface area contributed by atoms with Crippen LogP contribution in [0.1, 0.15) is 65.1 Å². The van der Waals surface area contributed by atoms with Crippen molar-refractivity contribution in [3.05, 3.63) is 192 Å². The molecule has 0 saturated heterocycles. The van der Waals surface area contributed by atoms with Crippen LogP contribution in [0.5, 0.6) is 34.5 Å². The minimum Gasteiger partial charge on any atom is -0.497 e. The molecule has 0 aliphatic rings. The molecule has 0 aromatic heterocycles. The maximum Gasteiger partial charge on any atom is 0.347 e. The number of carbonyl (C=O) groups excluding carboxylic acids is 5. The van der Waals surface area contributed by atoms with Gasteiger partial charge in [0.15, 0.2) is 0 Å². The fourth-order valence-corrected chi connectivity index (χ4v) is 6.52. The molecule has 0 radical (unpaired) electrons. The number of rotatable bonds is 18. The van der Waals surface area contributed by atoms with Crippen LogP contribution >= 0.6 is 0 Å². The predicted octanol–water partition coefficient (Wildman–Crippen LogP) is 10.3. The molecule has 0 aliphatic heterocycles. The minimum absolute atomic E-state index is 0.0481. The average molecular weight is 915 g/mol.